The summed E-state index contributed by atoms with van der Waals surface area (Å²) in [5.74, 6) is -0.396. The van der Waals surface area contributed by atoms with Crippen molar-refractivity contribution < 1.29 is 27.3 Å². The largest absolute Gasteiger partial charge is 0.465 e. The summed E-state index contributed by atoms with van der Waals surface area (Å²) in [5.41, 5.74) is 6.57. The highest BCUT2D eigenvalue weighted by Crippen LogP contribution is 2.08. The number of esters is 1. The molecular weight excluding hydrogens is 360 g/mol. The Hall–Kier alpha value is -1.97. The molecule has 4 N–H and O–H groups in total. The van der Waals surface area contributed by atoms with Gasteiger partial charge < -0.3 is 15.8 Å². The second-order valence-corrected chi connectivity index (χ2v) is 7.47. The number of benzene rings is 1. The van der Waals surface area contributed by atoms with Crippen LogP contribution in [0, 0.1) is 12.8 Å². The Balaban J connectivity index is 0.000000502. The van der Waals surface area contributed by atoms with Crippen molar-refractivity contribution in [2.45, 2.75) is 45.1 Å². The number of ether oxygens (including phenoxy) is 1. The van der Waals surface area contributed by atoms with Crippen molar-refractivity contribution in [2.24, 2.45) is 11.7 Å². The molecular formula is C17H28N2O6S. The summed E-state index contributed by atoms with van der Waals surface area (Å²) in [7, 11) is -4.02. The van der Waals surface area contributed by atoms with Crippen LogP contribution in [0.3, 0.4) is 0 Å². The van der Waals surface area contributed by atoms with E-state index in [0.29, 0.717) is 18.9 Å². The van der Waals surface area contributed by atoms with Crippen molar-refractivity contribution in [3.63, 3.8) is 0 Å². The van der Waals surface area contributed by atoms with E-state index in [4.69, 9.17) is 10.3 Å². The zero-order chi connectivity index (χ0) is 20.3. The van der Waals surface area contributed by atoms with Gasteiger partial charge in [-0.15, -0.1) is 0 Å². The molecule has 0 aliphatic heterocycles. The number of hydrogen-bond acceptors (Lipinski definition) is 6. The molecule has 0 aromatic heterocycles. The highest BCUT2D eigenvalue weighted by atomic mass is 32.2. The lowest BCUT2D eigenvalue weighted by Gasteiger charge is -2.13. The summed E-state index contributed by atoms with van der Waals surface area (Å²) >= 11 is 0. The maximum atomic E-state index is 11.3. The molecule has 1 rings (SSSR count). The van der Waals surface area contributed by atoms with Gasteiger partial charge in [-0.3, -0.25) is 14.1 Å². The summed E-state index contributed by atoms with van der Waals surface area (Å²) in [6.07, 6.45) is 0.606. The van der Waals surface area contributed by atoms with Gasteiger partial charge in [-0.25, -0.2) is 0 Å². The topological polar surface area (TPSA) is 136 Å². The predicted molar refractivity (Wildman–Crippen MR) is 98.1 cm³/mol. The Labute approximate surface area is 154 Å². The lowest BCUT2D eigenvalue weighted by Crippen LogP contribution is -2.43. The van der Waals surface area contributed by atoms with Crippen molar-refractivity contribution in [1.29, 1.82) is 0 Å². The van der Waals surface area contributed by atoms with E-state index < -0.39 is 22.1 Å². The maximum Gasteiger partial charge on any atom is 0.325 e. The molecule has 26 heavy (non-hydrogen) atoms. The zero-order valence-electron chi connectivity index (χ0n) is 15.6. The van der Waals surface area contributed by atoms with Gasteiger partial charge in [-0.05, 0) is 38.3 Å². The average Bonchev–Trinajstić information content (AvgIpc) is 2.52. The van der Waals surface area contributed by atoms with Crippen LogP contribution in [0.2, 0.25) is 0 Å². The van der Waals surface area contributed by atoms with Crippen molar-refractivity contribution >= 4 is 22.0 Å². The smallest absolute Gasteiger partial charge is 0.325 e. The van der Waals surface area contributed by atoms with E-state index in [2.05, 4.69) is 10.1 Å². The van der Waals surface area contributed by atoms with E-state index in [1.165, 1.54) is 12.1 Å². The number of amides is 1. The first-order chi connectivity index (χ1) is 12.0. The molecule has 8 nitrogen and oxygen atoms in total. The van der Waals surface area contributed by atoms with Gasteiger partial charge in [0.25, 0.3) is 10.1 Å². The quantitative estimate of drug-likeness (QED) is 0.473. The summed E-state index contributed by atoms with van der Waals surface area (Å²) in [5, 5.41) is 2.43. The van der Waals surface area contributed by atoms with Crippen molar-refractivity contribution in [1.82, 2.24) is 5.32 Å². The third-order valence-corrected chi connectivity index (χ3v) is 3.96. The fraction of sp³-hybridized carbons (Fsp3) is 0.529. The number of nitrogens with two attached hydrogens (primary N) is 1. The molecule has 0 heterocycles. The van der Waals surface area contributed by atoms with Gasteiger partial charge in [0.05, 0.1) is 17.5 Å². The van der Waals surface area contributed by atoms with Crippen molar-refractivity contribution in [3.05, 3.63) is 29.8 Å². The third kappa shape index (κ3) is 10.8. The SMILES string of the molecule is CCOC(=O)CNC(=O)[C@@H](N)CC(C)C.Cc1ccc(S(=O)(=O)O)cc1. The van der Waals surface area contributed by atoms with Gasteiger partial charge >= 0.3 is 5.97 Å². The Morgan fingerprint density at radius 1 is 1.23 bits per heavy atom. The van der Waals surface area contributed by atoms with Crippen LogP contribution in [0.5, 0.6) is 0 Å². The minimum Gasteiger partial charge on any atom is -0.465 e. The second-order valence-electron chi connectivity index (χ2n) is 6.05. The van der Waals surface area contributed by atoms with E-state index in [9.17, 15) is 18.0 Å². The zero-order valence-corrected chi connectivity index (χ0v) is 16.4. The van der Waals surface area contributed by atoms with E-state index in [0.717, 1.165) is 5.56 Å². The standard InChI is InChI=1S/C10H20N2O3.C7H8O3S/c1-4-15-9(13)6-12-10(14)8(11)5-7(2)3;1-6-2-4-7(5-3-6)11(8,9)10/h7-8H,4-6,11H2,1-3H3,(H,12,14);2-5H,1H3,(H,8,9,10)/t8-;/m0./s1. The van der Waals surface area contributed by atoms with Crippen molar-refractivity contribution in [3.8, 4) is 0 Å². The Morgan fingerprint density at radius 3 is 2.19 bits per heavy atom. The maximum absolute atomic E-state index is 11.3. The molecule has 0 saturated carbocycles. The van der Waals surface area contributed by atoms with Gasteiger partial charge in [-0.1, -0.05) is 31.5 Å². The van der Waals surface area contributed by atoms with E-state index in [1.54, 1.807) is 19.1 Å². The van der Waals surface area contributed by atoms with Crippen LogP contribution in [-0.2, 0) is 24.4 Å². The molecule has 9 heteroatoms. The summed E-state index contributed by atoms with van der Waals surface area (Å²) in [6.45, 7) is 7.72. The van der Waals surface area contributed by atoms with Gasteiger partial charge in [0.15, 0.2) is 0 Å². The normalized spacial score (nSPS) is 12.0. The molecule has 0 radical (unpaired) electrons. The number of carbonyl (C=O) groups excluding carboxylic acids is 2. The van der Waals surface area contributed by atoms with Crippen LogP contribution in [0.15, 0.2) is 29.2 Å². The van der Waals surface area contributed by atoms with Crippen LogP contribution < -0.4 is 11.1 Å². The highest BCUT2D eigenvalue weighted by Gasteiger charge is 2.15. The Kier molecular flexibility index (Phi) is 10.7. The Bertz CT molecular complexity index is 671. The Morgan fingerprint density at radius 2 is 1.77 bits per heavy atom. The molecule has 1 atom stereocenters. The van der Waals surface area contributed by atoms with Crippen LogP contribution in [-0.4, -0.2) is 44.0 Å². The number of nitrogens with one attached hydrogen (secondary N) is 1. The van der Waals surface area contributed by atoms with Crippen LogP contribution in [0.4, 0.5) is 0 Å². The fourth-order valence-electron chi connectivity index (χ4n) is 1.83. The lowest BCUT2D eigenvalue weighted by molar-refractivity contribution is -0.143. The third-order valence-electron chi connectivity index (χ3n) is 3.09. The van der Waals surface area contributed by atoms with Gasteiger partial charge in [0.2, 0.25) is 5.91 Å². The van der Waals surface area contributed by atoms with Gasteiger partial charge in [0, 0.05) is 0 Å². The lowest BCUT2D eigenvalue weighted by atomic mass is 10.0. The first-order valence-corrected chi connectivity index (χ1v) is 9.64. The molecule has 0 aliphatic carbocycles. The summed E-state index contributed by atoms with van der Waals surface area (Å²) < 4.78 is 34.2. The molecule has 0 spiro atoms. The fourth-order valence-corrected chi connectivity index (χ4v) is 2.31. The number of carbonyl (C=O) groups is 2. The van der Waals surface area contributed by atoms with E-state index in [-0.39, 0.29) is 17.3 Å². The van der Waals surface area contributed by atoms with Gasteiger partial charge in [0.1, 0.15) is 6.54 Å². The number of rotatable bonds is 7. The van der Waals surface area contributed by atoms with Crippen molar-refractivity contribution in [2.75, 3.05) is 13.2 Å². The molecule has 1 aromatic rings. The molecule has 0 unspecified atom stereocenters. The minimum atomic E-state index is -4.02. The average molecular weight is 388 g/mol. The molecule has 1 amide bonds. The molecule has 0 fully saturated rings. The predicted octanol–water partition coefficient (Wildman–Crippen LogP) is 1.28. The first-order valence-electron chi connectivity index (χ1n) is 8.20. The van der Waals surface area contributed by atoms with Crippen LogP contribution in [0.1, 0.15) is 32.8 Å². The molecule has 0 saturated heterocycles. The van der Waals surface area contributed by atoms with E-state index in [1.807, 2.05) is 20.8 Å². The minimum absolute atomic E-state index is 0.0666. The number of aryl methyl sites for hydroxylation is 1. The molecule has 148 valence electrons. The highest BCUT2D eigenvalue weighted by molar-refractivity contribution is 7.85. The number of hydrogen-bond donors (Lipinski definition) is 3. The molecule has 1 aromatic carbocycles. The van der Waals surface area contributed by atoms with E-state index >= 15 is 0 Å². The monoisotopic (exact) mass is 388 g/mol. The molecule has 0 bridgehead atoms. The summed E-state index contributed by atoms with van der Waals surface area (Å²) in [6, 6.07) is 5.43. The summed E-state index contributed by atoms with van der Waals surface area (Å²) in [4.78, 5) is 22.2. The molecule has 0 aliphatic rings. The van der Waals surface area contributed by atoms with Gasteiger partial charge in [-0.2, -0.15) is 8.42 Å². The second kappa shape index (κ2) is 11.6. The van der Waals surface area contributed by atoms with Crippen LogP contribution >= 0.6 is 0 Å². The first kappa shape index (κ1) is 24.0. The van der Waals surface area contributed by atoms with Crippen LogP contribution in [0.25, 0.3) is 0 Å².